The molecule has 1 atom stereocenters. The molecular weight excluding hydrogens is 194 g/mol. The third-order valence-electron chi connectivity index (χ3n) is 2.65. The van der Waals surface area contributed by atoms with Gasteiger partial charge in [0.25, 0.3) is 0 Å². The van der Waals surface area contributed by atoms with E-state index in [-0.39, 0.29) is 5.91 Å². The molecule has 1 aliphatic rings. The number of anilines is 1. The molecule has 1 amide bonds. The molecule has 2 rings (SSSR count). The fraction of sp³-hybridized carbons (Fsp3) is 0.273. The number of amides is 1. The first-order chi connectivity index (χ1) is 7.20. The fourth-order valence-electron chi connectivity index (χ4n) is 1.90. The second-order valence-electron chi connectivity index (χ2n) is 3.41. The van der Waals surface area contributed by atoms with E-state index < -0.39 is 5.92 Å². The van der Waals surface area contributed by atoms with Gasteiger partial charge in [-0.05, 0) is 11.6 Å². The predicted molar refractivity (Wildman–Crippen MR) is 55.2 cm³/mol. The number of hydrogen-bond acceptors (Lipinski definition) is 3. The number of hydrogen-bond donors (Lipinski definition) is 0. The number of carbonyl (C=O) groups excluding carboxylic acids is 2. The van der Waals surface area contributed by atoms with Crippen molar-refractivity contribution in [1.82, 2.24) is 0 Å². The minimum absolute atomic E-state index is 0.204. The highest BCUT2D eigenvalue weighted by Crippen LogP contribution is 2.41. The summed E-state index contributed by atoms with van der Waals surface area (Å²) in [4.78, 5) is 24.0. The molecule has 1 aromatic rings. The summed E-state index contributed by atoms with van der Waals surface area (Å²) in [5.74, 6) is -0.266. The zero-order valence-electron chi connectivity index (χ0n) is 8.56. The second kappa shape index (κ2) is 3.38. The lowest BCUT2D eigenvalue weighted by Gasteiger charge is -2.13. The van der Waals surface area contributed by atoms with Gasteiger partial charge in [-0.2, -0.15) is 0 Å². The predicted octanol–water partition coefficient (Wildman–Crippen LogP) is 0.954. The lowest BCUT2D eigenvalue weighted by atomic mass is 10.0. The van der Waals surface area contributed by atoms with Gasteiger partial charge < -0.3 is 14.4 Å². The van der Waals surface area contributed by atoms with E-state index in [1.807, 2.05) is 0 Å². The lowest BCUT2D eigenvalue weighted by molar-refractivity contribution is -0.122. The molecular formula is C11H11NO3. The van der Waals surface area contributed by atoms with Crippen LogP contribution < -0.4 is 9.64 Å². The molecule has 0 saturated carbocycles. The van der Waals surface area contributed by atoms with Crippen LogP contribution in [0, 0.1) is 0 Å². The van der Waals surface area contributed by atoms with Crippen molar-refractivity contribution < 1.29 is 14.3 Å². The zero-order chi connectivity index (χ0) is 11.0. The van der Waals surface area contributed by atoms with Gasteiger partial charge in [0.15, 0.2) is 0 Å². The number of aldehydes is 1. The number of nitrogens with zero attached hydrogens (tertiary/aromatic N) is 1. The van der Waals surface area contributed by atoms with E-state index >= 15 is 0 Å². The molecule has 0 N–H and O–H groups in total. The summed E-state index contributed by atoms with van der Waals surface area (Å²) in [6, 6.07) is 5.33. The summed E-state index contributed by atoms with van der Waals surface area (Å²) in [7, 11) is 3.19. The molecule has 1 unspecified atom stereocenters. The van der Waals surface area contributed by atoms with Crippen LogP contribution in [0.1, 0.15) is 11.5 Å². The first kappa shape index (κ1) is 9.71. The summed E-state index contributed by atoms with van der Waals surface area (Å²) < 4.78 is 5.16. The Kier molecular flexibility index (Phi) is 2.19. The van der Waals surface area contributed by atoms with E-state index in [1.54, 1.807) is 32.4 Å². The van der Waals surface area contributed by atoms with Crippen LogP contribution in [-0.4, -0.2) is 26.4 Å². The highest BCUT2D eigenvalue weighted by atomic mass is 16.5. The zero-order valence-corrected chi connectivity index (χ0v) is 8.56. The quantitative estimate of drug-likeness (QED) is 0.533. The molecule has 0 saturated heterocycles. The standard InChI is InChI=1S/C11H11NO3/c1-12-10-7(8(6-13)11(12)14)4-3-5-9(10)15-2/h3-6,8H,1-2H3. The Bertz CT molecular complexity index is 428. The summed E-state index contributed by atoms with van der Waals surface area (Å²) >= 11 is 0. The number of methoxy groups -OCH3 is 1. The molecule has 1 heterocycles. The molecule has 1 aliphatic heterocycles. The number of para-hydroxylation sites is 1. The number of rotatable bonds is 2. The highest BCUT2D eigenvalue weighted by Gasteiger charge is 2.36. The van der Waals surface area contributed by atoms with Crippen LogP contribution in [0.15, 0.2) is 18.2 Å². The maximum absolute atomic E-state index is 11.7. The molecule has 0 bridgehead atoms. The summed E-state index contributed by atoms with van der Waals surface area (Å²) in [5.41, 5.74) is 1.42. The van der Waals surface area contributed by atoms with Crippen molar-refractivity contribution in [1.29, 1.82) is 0 Å². The van der Waals surface area contributed by atoms with Crippen LogP contribution in [0.25, 0.3) is 0 Å². The first-order valence-corrected chi connectivity index (χ1v) is 4.60. The molecule has 78 valence electrons. The highest BCUT2D eigenvalue weighted by molar-refractivity contribution is 6.13. The van der Waals surface area contributed by atoms with Crippen LogP contribution in [0.5, 0.6) is 5.75 Å². The van der Waals surface area contributed by atoms with Crippen LogP contribution >= 0.6 is 0 Å². The fourth-order valence-corrected chi connectivity index (χ4v) is 1.90. The van der Waals surface area contributed by atoms with Gasteiger partial charge in [-0.15, -0.1) is 0 Å². The third kappa shape index (κ3) is 1.21. The van der Waals surface area contributed by atoms with Gasteiger partial charge in [0.05, 0.1) is 12.8 Å². The van der Waals surface area contributed by atoms with Crippen molar-refractivity contribution in [2.75, 3.05) is 19.1 Å². The smallest absolute Gasteiger partial charge is 0.241 e. The van der Waals surface area contributed by atoms with E-state index in [0.717, 1.165) is 5.56 Å². The largest absolute Gasteiger partial charge is 0.495 e. The van der Waals surface area contributed by atoms with Gasteiger partial charge in [0, 0.05) is 7.05 Å². The van der Waals surface area contributed by atoms with Gasteiger partial charge in [-0.1, -0.05) is 12.1 Å². The van der Waals surface area contributed by atoms with Crippen molar-refractivity contribution in [3.8, 4) is 5.75 Å². The average molecular weight is 205 g/mol. The number of ether oxygens (including phenoxy) is 1. The molecule has 4 heteroatoms. The number of benzene rings is 1. The van der Waals surface area contributed by atoms with Crippen molar-refractivity contribution in [3.05, 3.63) is 23.8 Å². The Morgan fingerprint density at radius 1 is 1.47 bits per heavy atom. The number of carbonyl (C=O) groups is 2. The van der Waals surface area contributed by atoms with E-state index in [9.17, 15) is 9.59 Å². The van der Waals surface area contributed by atoms with Crippen molar-refractivity contribution >= 4 is 17.9 Å². The van der Waals surface area contributed by atoms with Crippen LogP contribution in [0.3, 0.4) is 0 Å². The molecule has 0 spiro atoms. The second-order valence-corrected chi connectivity index (χ2v) is 3.41. The normalized spacial score (nSPS) is 18.9. The Labute approximate surface area is 87.4 Å². The molecule has 0 fully saturated rings. The van der Waals surface area contributed by atoms with Crippen LogP contribution in [-0.2, 0) is 9.59 Å². The molecule has 0 aromatic heterocycles. The maximum Gasteiger partial charge on any atom is 0.241 e. The molecule has 1 aromatic carbocycles. The Hall–Kier alpha value is -1.84. The number of likely N-dealkylation sites (N-methyl/N-ethyl adjacent to an activating group) is 1. The van der Waals surface area contributed by atoms with Gasteiger partial charge in [-0.25, -0.2) is 0 Å². The van der Waals surface area contributed by atoms with Gasteiger partial charge in [0.1, 0.15) is 18.0 Å². The van der Waals surface area contributed by atoms with Crippen LogP contribution in [0.4, 0.5) is 5.69 Å². The van der Waals surface area contributed by atoms with Crippen molar-refractivity contribution in [2.45, 2.75) is 5.92 Å². The maximum atomic E-state index is 11.7. The van der Waals surface area contributed by atoms with Crippen LogP contribution in [0.2, 0.25) is 0 Å². The Morgan fingerprint density at radius 2 is 2.20 bits per heavy atom. The van der Waals surface area contributed by atoms with Gasteiger partial charge in [-0.3, -0.25) is 4.79 Å². The monoisotopic (exact) mass is 205 g/mol. The average Bonchev–Trinajstić information content (AvgIpc) is 2.51. The first-order valence-electron chi connectivity index (χ1n) is 4.60. The lowest BCUT2D eigenvalue weighted by Crippen LogP contribution is -2.24. The molecule has 0 radical (unpaired) electrons. The summed E-state index contributed by atoms with van der Waals surface area (Å²) in [5, 5.41) is 0. The van der Waals surface area contributed by atoms with Gasteiger partial charge in [0.2, 0.25) is 5.91 Å². The number of fused-ring (bicyclic) bond motifs is 1. The van der Waals surface area contributed by atoms with E-state index in [0.29, 0.717) is 17.7 Å². The summed E-state index contributed by atoms with van der Waals surface area (Å²) in [6.07, 6.45) is 0.671. The van der Waals surface area contributed by atoms with E-state index in [2.05, 4.69) is 0 Å². The van der Waals surface area contributed by atoms with Crippen molar-refractivity contribution in [2.24, 2.45) is 0 Å². The molecule has 15 heavy (non-hydrogen) atoms. The molecule has 0 aliphatic carbocycles. The minimum Gasteiger partial charge on any atom is -0.495 e. The van der Waals surface area contributed by atoms with Crippen molar-refractivity contribution in [3.63, 3.8) is 0 Å². The Balaban J connectivity index is 2.64. The Morgan fingerprint density at radius 3 is 2.80 bits per heavy atom. The van der Waals surface area contributed by atoms with Gasteiger partial charge >= 0.3 is 0 Å². The van der Waals surface area contributed by atoms with E-state index in [1.165, 1.54) is 4.90 Å². The SMILES string of the molecule is COc1cccc2c1N(C)C(=O)C2C=O. The van der Waals surface area contributed by atoms with E-state index in [4.69, 9.17) is 4.74 Å². The molecule has 4 nitrogen and oxygen atoms in total. The summed E-state index contributed by atoms with van der Waals surface area (Å²) in [6.45, 7) is 0. The topological polar surface area (TPSA) is 46.6 Å². The third-order valence-corrected chi connectivity index (χ3v) is 2.65. The minimum atomic E-state index is -0.680.